The maximum absolute atomic E-state index is 11.3. The molecule has 0 aliphatic heterocycles. The van der Waals surface area contributed by atoms with E-state index in [9.17, 15) is 10.1 Å². The van der Waals surface area contributed by atoms with Crippen LogP contribution in [0.2, 0.25) is 0 Å². The third-order valence-electron chi connectivity index (χ3n) is 2.76. The van der Waals surface area contributed by atoms with Crippen LogP contribution in [0.1, 0.15) is 0 Å². The van der Waals surface area contributed by atoms with Crippen LogP contribution >= 0.6 is 11.3 Å². The van der Waals surface area contributed by atoms with Gasteiger partial charge in [-0.05, 0) is 24.3 Å². The lowest BCUT2D eigenvalue weighted by molar-refractivity contribution is -0.384. The van der Waals surface area contributed by atoms with E-state index in [2.05, 4.69) is 4.98 Å². The number of ether oxygens (including phenoxy) is 1. The molecule has 0 radical (unpaired) electrons. The Balaban J connectivity index is 2.14. The molecule has 0 aliphatic carbocycles. The van der Waals surface area contributed by atoms with Gasteiger partial charge < -0.3 is 10.5 Å². The third-order valence-corrected chi connectivity index (χ3v) is 3.55. The van der Waals surface area contributed by atoms with E-state index in [1.54, 1.807) is 41.9 Å². The van der Waals surface area contributed by atoms with E-state index in [-0.39, 0.29) is 11.4 Å². The summed E-state index contributed by atoms with van der Waals surface area (Å²) in [5, 5.41) is 11.3. The number of nitrogens with two attached hydrogens (primary N) is 1. The average molecular weight is 287 g/mol. The Morgan fingerprint density at radius 3 is 2.75 bits per heavy atom. The standard InChI is InChI=1S/C13H9N3O3S/c14-8-3-1-2-4-9(8)19-10-5-6-11-12(15-7-20-11)13(10)16(17)18/h1-7H,14H2. The van der Waals surface area contributed by atoms with Gasteiger partial charge in [-0.1, -0.05) is 12.1 Å². The topological polar surface area (TPSA) is 91.3 Å². The van der Waals surface area contributed by atoms with E-state index in [4.69, 9.17) is 10.5 Å². The number of hydrogen-bond donors (Lipinski definition) is 1. The molecule has 0 fully saturated rings. The van der Waals surface area contributed by atoms with Crippen LogP contribution in [0.25, 0.3) is 10.2 Å². The molecule has 0 amide bonds. The van der Waals surface area contributed by atoms with Crippen LogP contribution in [0.4, 0.5) is 11.4 Å². The number of rotatable bonds is 3. The van der Waals surface area contributed by atoms with Crippen LogP contribution in [0.3, 0.4) is 0 Å². The van der Waals surface area contributed by atoms with Gasteiger partial charge in [-0.2, -0.15) is 0 Å². The molecule has 2 N–H and O–H groups in total. The maximum Gasteiger partial charge on any atom is 0.338 e. The van der Waals surface area contributed by atoms with Crippen molar-refractivity contribution in [3.8, 4) is 11.5 Å². The molecule has 0 atom stereocenters. The van der Waals surface area contributed by atoms with Crippen molar-refractivity contribution in [2.45, 2.75) is 0 Å². The third kappa shape index (κ3) is 2.04. The monoisotopic (exact) mass is 287 g/mol. The molecule has 0 unspecified atom stereocenters. The molecule has 0 spiro atoms. The van der Waals surface area contributed by atoms with Gasteiger partial charge >= 0.3 is 5.69 Å². The van der Waals surface area contributed by atoms with Gasteiger partial charge in [0.25, 0.3) is 0 Å². The molecule has 1 aromatic heterocycles. The van der Waals surface area contributed by atoms with Crippen LogP contribution in [-0.4, -0.2) is 9.91 Å². The summed E-state index contributed by atoms with van der Waals surface area (Å²) in [5.41, 5.74) is 7.94. The van der Waals surface area contributed by atoms with Crippen molar-refractivity contribution in [2.24, 2.45) is 0 Å². The van der Waals surface area contributed by atoms with Crippen molar-refractivity contribution in [1.82, 2.24) is 4.98 Å². The summed E-state index contributed by atoms with van der Waals surface area (Å²) in [6, 6.07) is 10.1. The Morgan fingerprint density at radius 2 is 2.00 bits per heavy atom. The van der Waals surface area contributed by atoms with Gasteiger partial charge in [0.2, 0.25) is 5.75 Å². The molecule has 0 bridgehead atoms. The first-order chi connectivity index (χ1) is 9.66. The van der Waals surface area contributed by atoms with E-state index >= 15 is 0 Å². The van der Waals surface area contributed by atoms with E-state index in [1.807, 2.05) is 0 Å². The van der Waals surface area contributed by atoms with Crippen LogP contribution in [0, 0.1) is 10.1 Å². The highest BCUT2D eigenvalue weighted by Crippen LogP contribution is 2.39. The summed E-state index contributed by atoms with van der Waals surface area (Å²) >= 11 is 1.34. The molecule has 20 heavy (non-hydrogen) atoms. The smallest absolute Gasteiger partial charge is 0.338 e. The Kier molecular flexibility index (Phi) is 2.96. The summed E-state index contributed by atoms with van der Waals surface area (Å²) in [6.07, 6.45) is 0. The fraction of sp³-hybridized carbons (Fsp3) is 0. The van der Waals surface area contributed by atoms with Crippen molar-refractivity contribution < 1.29 is 9.66 Å². The number of aromatic nitrogens is 1. The fourth-order valence-electron chi connectivity index (χ4n) is 1.85. The number of fused-ring (bicyclic) bond motifs is 1. The minimum absolute atomic E-state index is 0.131. The number of anilines is 1. The summed E-state index contributed by atoms with van der Waals surface area (Å²) < 4.78 is 6.32. The van der Waals surface area contributed by atoms with E-state index in [0.29, 0.717) is 17.0 Å². The number of nitrogens with zero attached hydrogens (tertiary/aromatic N) is 2. The molecule has 3 aromatic rings. The lowest BCUT2D eigenvalue weighted by Gasteiger charge is -2.08. The summed E-state index contributed by atoms with van der Waals surface area (Å²) in [6.45, 7) is 0. The summed E-state index contributed by atoms with van der Waals surface area (Å²) in [4.78, 5) is 14.8. The predicted octanol–water partition coefficient (Wildman–Crippen LogP) is 3.58. The molecule has 6 nitrogen and oxygen atoms in total. The molecular weight excluding hydrogens is 278 g/mol. The Bertz CT molecular complexity index is 800. The zero-order chi connectivity index (χ0) is 14.1. The molecule has 0 saturated heterocycles. The largest absolute Gasteiger partial charge is 0.448 e. The number of benzene rings is 2. The number of nitro benzene ring substituents is 1. The second kappa shape index (κ2) is 4.78. The fourth-order valence-corrected chi connectivity index (χ4v) is 2.53. The Hall–Kier alpha value is -2.67. The van der Waals surface area contributed by atoms with Crippen LogP contribution < -0.4 is 10.5 Å². The Labute approximate surface area is 117 Å². The summed E-state index contributed by atoms with van der Waals surface area (Å²) in [5.74, 6) is 0.511. The quantitative estimate of drug-likeness (QED) is 0.451. The highest BCUT2D eigenvalue weighted by atomic mass is 32.1. The number of thiazole rings is 1. The van der Waals surface area contributed by atoms with Gasteiger partial charge in [0, 0.05) is 0 Å². The van der Waals surface area contributed by atoms with Crippen LogP contribution in [-0.2, 0) is 0 Å². The van der Waals surface area contributed by atoms with E-state index in [1.165, 1.54) is 11.3 Å². The first kappa shape index (κ1) is 12.4. The van der Waals surface area contributed by atoms with Crippen molar-refractivity contribution in [1.29, 1.82) is 0 Å². The van der Waals surface area contributed by atoms with Crippen molar-refractivity contribution >= 4 is 32.9 Å². The SMILES string of the molecule is Nc1ccccc1Oc1ccc2scnc2c1[N+](=O)[O-]. The molecule has 100 valence electrons. The van der Waals surface area contributed by atoms with Crippen LogP contribution in [0.15, 0.2) is 41.9 Å². The number of nitro groups is 1. The first-order valence-corrected chi connectivity index (χ1v) is 6.57. The van der Waals surface area contributed by atoms with Crippen molar-refractivity contribution in [2.75, 3.05) is 5.73 Å². The molecular formula is C13H9N3O3S. The van der Waals surface area contributed by atoms with E-state index < -0.39 is 4.92 Å². The number of para-hydroxylation sites is 2. The Morgan fingerprint density at radius 1 is 1.20 bits per heavy atom. The normalized spacial score (nSPS) is 10.6. The van der Waals surface area contributed by atoms with Gasteiger partial charge in [0.1, 0.15) is 0 Å². The zero-order valence-electron chi connectivity index (χ0n) is 10.1. The molecule has 0 saturated carbocycles. The number of hydrogen-bond acceptors (Lipinski definition) is 6. The predicted molar refractivity (Wildman–Crippen MR) is 77.2 cm³/mol. The van der Waals surface area contributed by atoms with Gasteiger partial charge in [0.15, 0.2) is 11.3 Å². The highest BCUT2D eigenvalue weighted by molar-refractivity contribution is 7.16. The van der Waals surface area contributed by atoms with Gasteiger partial charge in [-0.3, -0.25) is 10.1 Å². The van der Waals surface area contributed by atoms with Gasteiger partial charge in [-0.25, -0.2) is 4.98 Å². The van der Waals surface area contributed by atoms with Gasteiger partial charge in [0.05, 0.1) is 20.8 Å². The lowest BCUT2D eigenvalue weighted by Crippen LogP contribution is -1.96. The first-order valence-electron chi connectivity index (χ1n) is 5.70. The second-order valence-corrected chi connectivity index (χ2v) is 4.89. The van der Waals surface area contributed by atoms with Crippen LogP contribution in [0.5, 0.6) is 11.5 Å². The zero-order valence-corrected chi connectivity index (χ0v) is 11.0. The van der Waals surface area contributed by atoms with Crippen molar-refractivity contribution in [3.05, 3.63) is 52.0 Å². The highest BCUT2D eigenvalue weighted by Gasteiger charge is 2.22. The maximum atomic E-state index is 11.3. The van der Waals surface area contributed by atoms with Gasteiger partial charge in [-0.15, -0.1) is 11.3 Å². The van der Waals surface area contributed by atoms with Crippen molar-refractivity contribution in [3.63, 3.8) is 0 Å². The minimum Gasteiger partial charge on any atom is -0.448 e. The molecule has 0 aliphatic rings. The second-order valence-electron chi connectivity index (χ2n) is 4.01. The average Bonchev–Trinajstić information content (AvgIpc) is 2.88. The lowest BCUT2D eigenvalue weighted by atomic mass is 10.2. The number of nitrogen functional groups attached to an aromatic ring is 1. The molecule has 1 heterocycles. The molecule has 3 rings (SSSR count). The molecule has 2 aromatic carbocycles. The minimum atomic E-state index is -0.490. The van der Waals surface area contributed by atoms with E-state index in [0.717, 1.165) is 4.70 Å². The summed E-state index contributed by atoms with van der Waals surface area (Å²) in [7, 11) is 0. The molecule has 7 heteroatoms.